The third-order valence-electron chi connectivity index (χ3n) is 8.61. The van der Waals surface area contributed by atoms with Crippen molar-refractivity contribution < 1.29 is 43.1 Å². The van der Waals surface area contributed by atoms with Crippen LogP contribution >= 0.6 is 0 Å². The van der Waals surface area contributed by atoms with E-state index >= 15 is 0 Å². The average Bonchev–Trinajstić information content (AvgIpc) is 2.95. The number of carboxylic acids is 2. The van der Waals surface area contributed by atoms with Crippen molar-refractivity contribution in [1.29, 1.82) is 0 Å². The zero-order valence-electron chi connectivity index (χ0n) is 28.5. The van der Waals surface area contributed by atoms with Crippen LogP contribution in [0.2, 0.25) is 12.1 Å². The Hall–Kier alpha value is -0.826. The summed E-state index contributed by atoms with van der Waals surface area (Å²) in [5.74, 6) is -1.40. The lowest BCUT2D eigenvalue weighted by Gasteiger charge is -2.25. The van der Waals surface area contributed by atoms with Gasteiger partial charge in [0.1, 0.15) is 0 Å². The normalized spacial score (nSPS) is 12.2. The molecule has 0 rings (SSSR count). The standard InChI is InChI=1S/C34H70O9Si2/c35-33(36)29-25-21-17-13-9-5-1-3-7-11-15-19-23-27-31-44(39,40)43-45(41,42)32-28-24-20-16-12-8-4-2-6-10-14-18-22-26-30-34(37)38/h39-42H,1-32H2,(H,35,36)(H,37,38). The SMILES string of the molecule is O=C(O)CCCCCCCCCCCCCCCC[Si](O)(O)O[Si](O)(O)CCCCCCCCCCCCCCCCC(=O)O. The molecule has 9 nitrogen and oxygen atoms in total. The molecule has 0 aromatic rings. The van der Waals surface area contributed by atoms with Crippen LogP contribution in [0, 0.1) is 0 Å². The van der Waals surface area contributed by atoms with E-state index in [1.807, 2.05) is 0 Å². The maximum absolute atomic E-state index is 10.5. The molecule has 0 aliphatic heterocycles. The summed E-state index contributed by atoms with van der Waals surface area (Å²) in [6, 6.07) is 0.234. The molecule has 0 radical (unpaired) electrons. The van der Waals surface area contributed by atoms with E-state index < -0.39 is 29.5 Å². The predicted octanol–water partition coefficient (Wildman–Crippen LogP) is 8.72. The van der Waals surface area contributed by atoms with E-state index in [-0.39, 0.29) is 24.9 Å². The molecule has 0 spiro atoms. The van der Waals surface area contributed by atoms with Crippen molar-refractivity contribution in [2.45, 2.75) is 205 Å². The molecule has 0 saturated carbocycles. The molecule has 0 bridgehead atoms. The Kier molecular flexibility index (Phi) is 29.9. The Labute approximate surface area is 276 Å². The Balaban J connectivity index is 3.52. The van der Waals surface area contributed by atoms with Crippen molar-refractivity contribution in [1.82, 2.24) is 0 Å². The number of hydrogen-bond acceptors (Lipinski definition) is 7. The maximum Gasteiger partial charge on any atom is 0.488 e. The highest BCUT2D eigenvalue weighted by atomic mass is 28.5. The monoisotopic (exact) mass is 678 g/mol. The molecule has 0 heterocycles. The topological polar surface area (TPSA) is 165 Å². The van der Waals surface area contributed by atoms with Crippen LogP contribution in [0.15, 0.2) is 0 Å². The molecule has 268 valence electrons. The molecule has 0 unspecified atom stereocenters. The van der Waals surface area contributed by atoms with Crippen molar-refractivity contribution in [3.63, 3.8) is 0 Å². The first-order valence-electron chi connectivity index (χ1n) is 18.6. The fourth-order valence-electron chi connectivity index (χ4n) is 5.87. The Morgan fingerprint density at radius 1 is 0.333 bits per heavy atom. The first kappa shape index (κ1) is 44.2. The second-order valence-corrected chi connectivity index (χ2v) is 18.1. The number of carbonyl (C=O) groups is 2. The molecule has 0 atom stereocenters. The van der Waals surface area contributed by atoms with E-state index in [4.69, 9.17) is 14.3 Å². The van der Waals surface area contributed by atoms with Gasteiger partial charge in [0.05, 0.1) is 0 Å². The number of unbranched alkanes of at least 4 members (excludes halogenated alkanes) is 26. The Morgan fingerprint density at radius 2 is 0.511 bits per heavy atom. The average molecular weight is 679 g/mol. The van der Waals surface area contributed by atoms with Gasteiger partial charge in [0.2, 0.25) is 0 Å². The summed E-state index contributed by atoms with van der Waals surface area (Å²) in [6.07, 6.45) is 31.1. The lowest BCUT2D eigenvalue weighted by atomic mass is 10.0. The summed E-state index contributed by atoms with van der Waals surface area (Å²) < 4.78 is 5.14. The minimum atomic E-state index is -4.05. The fourth-order valence-corrected chi connectivity index (χ4v) is 10.2. The number of hydrogen-bond donors (Lipinski definition) is 6. The van der Waals surface area contributed by atoms with Crippen molar-refractivity contribution in [2.75, 3.05) is 0 Å². The number of carboxylic acid groups (broad SMARTS) is 2. The van der Waals surface area contributed by atoms with E-state index in [0.717, 1.165) is 77.0 Å². The lowest BCUT2D eigenvalue weighted by Crippen LogP contribution is -2.52. The molecule has 0 aromatic heterocycles. The van der Waals surface area contributed by atoms with Gasteiger partial charge in [0.25, 0.3) is 0 Å². The minimum absolute atomic E-state index is 0.117. The van der Waals surface area contributed by atoms with Gasteiger partial charge in [-0.25, -0.2) is 0 Å². The molecule has 0 saturated heterocycles. The summed E-state index contributed by atoms with van der Waals surface area (Å²) in [5, 5.41) is 17.3. The Morgan fingerprint density at radius 3 is 0.711 bits per heavy atom. The highest BCUT2D eigenvalue weighted by Crippen LogP contribution is 2.21. The minimum Gasteiger partial charge on any atom is -0.481 e. The van der Waals surface area contributed by atoms with Gasteiger partial charge in [-0.1, -0.05) is 154 Å². The molecule has 11 heteroatoms. The van der Waals surface area contributed by atoms with Gasteiger partial charge in [0.15, 0.2) is 0 Å². The molecule has 45 heavy (non-hydrogen) atoms. The summed E-state index contributed by atoms with van der Waals surface area (Å²) in [7, 11) is -8.10. The van der Waals surface area contributed by atoms with Crippen LogP contribution in [-0.2, 0) is 13.7 Å². The number of rotatable bonds is 36. The van der Waals surface area contributed by atoms with E-state index in [2.05, 4.69) is 0 Å². The molecule has 0 aromatic carbocycles. The molecule has 0 aliphatic carbocycles. The third-order valence-corrected chi connectivity index (χ3v) is 13.2. The fraction of sp³-hybridized carbons (Fsp3) is 0.941. The van der Waals surface area contributed by atoms with Crippen LogP contribution in [0.4, 0.5) is 0 Å². The molecule has 0 aliphatic rings. The molecule has 0 amide bonds. The second kappa shape index (κ2) is 30.5. The largest absolute Gasteiger partial charge is 0.488 e. The number of aliphatic carboxylic acids is 2. The van der Waals surface area contributed by atoms with Gasteiger partial charge < -0.3 is 33.5 Å². The highest BCUT2D eigenvalue weighted by Gasteiger charge is 2.44. The van der Waals surface area contributed by atoms with E-state index in [0.29, 0.717) is 12.8 Å². The van der Waals surface area contributed by atoms with Crippen molar-refractivity contribution >= 4 is 29.5 Å². The highest BCUT2D eigenvalue weighted by molar-refractivity contribution is 6.72. The lowest BCUT2D eigenvalue weighted by molar-refractivity contribution is -0.138. The van der Waals surface area contributed by atoms with Crippen molar-refractivity contribution in [3.05, 3.63) is 0 Å². The van der Waals surface area contributed by atoms with Crippen LogP contribution in [0.1, 0.15) is 193 Å². The maximum atomic E-state index is 10.5. The van der Waals surface area contributed by atoms with Crippen LogP contribution in [-0.4, -0.2) is 58.9 Å². The van der Waals surface area contributed by atoms with Gasteiger partial charge in [-0.3, -0.25) is 9.59 Å². The summed E-state index contributed by atoms with van der Waals surface area (Å²) >= 11 is 0. The second-order valence-electron chi connectivity index (χ2n) is 13.3. The zero-order chi connectivity index (χ0) is 33.5. The first-order valence-corrected chi connectivity index (χ1v) is 22.6. The van der Waals surface area contributed by atoms with E-state index in [1.54, 1.807) is 0 Å². The third kappa shape index (κ3) is 35.9. The Bertz CT molecular complexity index is 637. The van der Waals surface area contributed by atoms with E-state index in [1.165, 1.54) is 89.9 Å². The summed E-state index contributed by atoms with van der Waals surface area (Å²) in [6.45, 7) is 0. The smallest absolute Gasteiger partial charge is 0.481 e. The molecule has 0 fully saturated rings. The summed E-state index contributed by atoms with van der Waals surface area (Å²) in [5.41, 5.74) is 0. The van der Waals surface area contributed by atoms with E-state index in [9.17, 15) is 28.8 Å². The molecule has 6 N–H and O–H groups in total. The van der Waals surface area contributed by atoms with Crippen LogP contribution < -0.4 is 0 Å². The van der Waals surface area contributed by atoms with Gasteiger partial charge in [0, 0.05) is 24.9 Å². The first-order chi connectivity index (χ1) is 21.5. The van der Waals surface area contributed by atoms with Gasteiger partial charge in [-0.15, -0.1) is 0 Å². The van der Waals surface area contributed by atoms with Crippen molar-refractivity contribution in [2.24, 2.45) is 0 Å². The van der Waals surface area contributed by atoms with Gasteiger partial charge in [-0.05, 0) is 25.7 Å². The predicted molar refractivity (Wildman–Crippen MR) is 185 cm³/mol. The summed E-state index contributed by atoms with van der Waals surface area (Å²) in [4.78, 5) is 62.0. The van der Waals surface area contributed by atoms with Crippen LogP contribution in [0.5, 0.6) is 0 Å². The van der Waals surface area contributed by atoms with Gasteiger partial charge in [-0.2, -0.15) is 0 Å². The molecular formula is C34H70O9Si2. The zero-order valence-corrected chi connectivity index (χ0v) is 30.5. The molecular weight excluding hydrogens is 609 g/mol. The van der Waals surface area contributed by atoms with Crippen LogP contribution in [0.3, 0.4) is 0 Å². The quantitative estimate of drug-likeness (QED) is 0.0281. The van der Waals surface area contributed by atoms with Crippen molar-refractivity contribution in [3.8, 4) is 0 Å². The van der Waals surface area contributed by atoms with Crippen LogP contribution in [0.25, 0.3) is 0 Å². The van der Waals surface area contributed by atoms with Gasteiger partial charge >= 0.3 is 29.5 Å².